The van der Waals surface area contributed by atoms with E-state index in [1.807, 2.05) is 12.1 Å². The van der Waals surface area contributed by atoms with Crippen LogP contribution in [0.25, 0.3) is 0 Å². The van der Waals surface area contributed by atoms with Gasteiger partial charge in [-0.1, -0.05) is 34.1 Å². The molecule has 0 aliphatic carbocycles. The number of esters is 1. The number of halogens is 1. The summed E-state index contributed by atoms with van der Waals surface area (Å²) in [5.41, 5.74) is 1.87. The van der Waals surface area contributed by atoms with Crippen LogP contribution in [-0.2, 0) is 20.9 Å². The van der Waals surface area contributed by atoms with Crippen LogP contribution < -0.4 is 5.32 Å². The second-order valence-electron chi connectivity index (χ2n) is 5.18. The topological polar surface area (TPSA) is 64.6 Å². The smallest absolute Gasteiger partial charge is 0.338 e. The van der Waals surface area contributed by atoms with Crippen LogP contribution in [0.15, 0.2) is 53.0 Å². The maximum Gasteiger partial charge on any atom is 0.338 e. The van der Waals surface area contributed by atoms with E-state index in [2.05, 4.69) is 21.2 Å². The van der Waals surface area contributed by atoms with Crippen LogP contribution in [0, 0.1) is 0 Å². The summed E-state index contributed by atoms with van der Waals surface area (Å²) in [7, 11) is 1.58. The number of carbonyl (C=O) groups excluding carboxylic acids is 2. The van der Waals surface area contributed by atoms with E-state index < -0.39 is 18.0 Å². The van der Waals surface area contributed by atoms with Gasteiger partial charge in [-0.25, -0.2) is 4.79 Å². The van der Waals surface area contributed by atoms with Crippen molar-refractivity contribution in [2.45, 2.75) is 19.6 Å². The molecule has 6 heteroatoms. The SMILES string of the molecule is COCc1cccc(C(=O)O[C@@H](C)C(=O)Nc2cccc(Br)c2)c1. The van der Waals surface area contributed by atoms with E-state index in [4.69, 9.17) is 9.47 Å². The van der Waals surface area contributed by atoms with E-state index >= 15 is 0 Å². The number of hydrogen-bond donors (Lipinski definition) is 1. The third-order valence-electron chi connectivity index (χ3n) is 3.22. The summed E-state index contributed by atoms with van der Waals surface area (Å²) in [4.78, 5) is 24.3. The fraction of sp³-hybridized carbons (Fsp3) is 0.222. The lowest BCUT2D eigenvalue weighted by atomic mass is 10.1. The Morgan fingerprint density at radius 2 is 1.92 bits per heavy atom. The van der Waals surface area contributed by atoms with Gasteiger partial charge in [0.15, 0.2) is 6.10 Å². The first-order chi connectivity index (χ1) is 11.5. The first kappa shape index (κ1) is 18.2. The van der Waals surface area contributed by atoms with Crippen molar-refractivity contribution in [1.82, 2.24) is 0 Å². The zero-order valence-electron chi connectivity index (χ0n) is 13.4. The van der Waals surface area contributed by atoms with Crippen molar-refractivity contribution in [3.05, 3.63) is 64.1 Å². The Bertz CT molecular complexity index is 732. The van der Waals surface area contributed by atoms with E-state index in [1.165, 1.54) is 6.92 Å². The Kier molecular flexibility index (Phi) is 6.52. The molecule has 24 heavy (non-hydrogen) atoms. The Labute approximate surface area is 149 Å². The van der Waals surface area contributed by atoms with Gasteiger partial charge in [0, 0.05) is 17.3 Å². The number of methoxy groups -OCH3 is 1. The summed E-state index contributed by atoms with van der Waals surface area (Å²) in [6, 6.07) is 14.1. The van der Waals surface area contributed by atoms with Gasteiger partial charge in [-0.15, -0.1) is 0 Å². The molecule has 0 bridgehead atoms. The summed E-state index contributed by atoms with van der Waals surface area (Å²) in [6.07, 6.45) is -0.914. The van der Waals surface area contributed by atoms with Crippen LogP contribution in [0.2, 0.25) is 0 Å². The molecule has 0 radical (unpaired) electrons. The number of rotatable bonds is 6. The molecule has 0 aromatic heterocycles. The molecule has 0 saturated carbocycles. The maximum absolute atomic E-state index is 12.2. The Morgan fingerprint density at radius 3 is 2.62 bits per heavy atom. The fourth-order valence-corrected chi connectivity index (χ4v) is 2.45. The third-order valence-corrected chi connectivity index (χ3v) is 3.71. The highest BCUT2D eigenvalue weighted by Crippen LogP contribution is 2.16. The van der Waals surface area contributed by atoms with Gasteiger partial charge in [0.2, 0.25) is 0 Å². The van der Waals surface area contributed by atoms with Gasteiger partial charge in [-0.05, 0) is 42.8 Å². The van der Waals surface area contributed by atoms with Crippen LogP contribution in [0.1, 0.15) is 22.8 Å². The Balaban J connectivity index is 1.97. The molecular weight excluding hydrogens is 374 g/mol. The molecule has 0 aliphatic rings. The second-order valence-corrected chi connectivity index (χ2v) is 6.10. The summed E-state index contributed by atoms with van der Waals surface area (Å²) in [5.74, 6) is -0.945. The predicted molar refractivity (Wildman–Crippen MR) is 94.8 cm³/mol. The van der Waals surface area contributed by atoms with E-state index in [0.717, 1.165) is 10.0 Å². The monoisotopic (exact) mass is 391 g/mol. The first-order valence-electron chi connectivity index (χ1n) is 7.35. The molecule has 0 heterocycles. The highest BCUT2D eigenvalue weighted by molar-refractivity contribution is 9.10. The average Bonchev–Trinajstić information content (AvgIpc) is 2.55. The molecule has 1 amide bonds. The van der Waals surface area contributed by atoms with Crippen LogP contribution >= 0.6 is 15.9 Å². The van der Waals surface area contributed by atoms with Crippen molar-refractivity contribution in [2.75, 3.05) is 12.4 Å². The van der Waals surface area contributed by atoms with Gasteiger partial charge in [0.05, 0.1) is 12.2 Å². The number of ether oxygens (including phenoxy) is 2. The van der Waals surface area contributed by atoms with Gasteiger partial charge in [0.25, 0.3) is 5.91 Å². The molecule has 0 spiro atoms. The van der Waals surface area contributed by atoms with Crippen molar-refractivity contribution in [3.63, 3.8) is 0 Å². The second kappa shape index (κ2) is 8.61. The zero-order chi connectivity index (χ0) is 17.5. The molecule has 0 aliphatic heterocycles. The van der Waals surface area contributed by atoms with Crippen molar-refractivity contribution < 1.29 is 19.1 Å². The minimum absolute atomic E-state index is 0.381. The van der Waals surface area contributed by atoms with Gasteiger partial charge >= 0.3 is 5.97 Å². The van der Waals surface area contributed by atoms with E-state index in [1.54, 1.807) is 43.5 Å². The van der Waals surface area contributed by atoms with E-state index in [9.17, 15) is 9.59 Å². The van der Waals surface area contributed by atoms with E-state index in [-0.39, 0.29) is 0 Å². The van der Waals surface area contributed by atoms with Crippen LogP contribution in [0.4, 0.5) is 5.69 Å². The predicted octanol–water partition coefficient (Wildman–Crippen LogP) is 3.78. The highest BCUT2D eigenvalue weighted by atomic mass is 79.9. The number of hydrogen-bond acceptors (Lipinski definition) is 4. The maximum atomic E-state index is 12.2. The summed E-state index contributed by atoms with van der Waals surface area (Å²) < 4.78 is 11.1. The van der Waals surface area contributed by atoms with E-state index in [0.29, 0.717) is 17.9 Å². The zero-order valence-corrected chi connectivity index (χ0v) is 15.0. The number of anilines is 1. The molecule has 2 rings (SSSR count). The number of carbonyl (C=O) groups is 2. The molecule has 1 atom stereocenters. The molecule has 0 unspecified atom stereocenters. The highest BCUT2D eigenvalue weighted by Gasteiger charge is 2.19. The lowest BCUT2D eigenvalue weighted by molar-refractivity contribution is -0.123. The van der Waals surface area contributed by atoms with Gasteiger partial charge in [-0.3, -0.25) is 4.79 Å². The molecule has 1 N–H and O–H groups in total. The van der Waals surface area contributed by atoms with Crippen LogP contribution in [0.5, 0.6) is 0 Å². The van der Waals surface area contributed by atoms with Crippen molar-refractivity contribution in [1.29, 1.82) is 0 Å². The van der Waals surface area contributed by atoms with Gasteiger partial charge in [-0.2, -0.15) is 0 Å². The molecule has 2 aromatic rings. The lowest BCUT2D eigenvalue weighted by Gasteiger charge is -2.14. The third kappa shape index (κ3) is 5.18. The summed E-state index contributed by atoms with van der Waals surface area (Å²) >= 11 is 3.33. The lowest BCUT2D eigenvalue weighted by Crippen LogP contribution is -2.30. The Morgan fingerprint density at radius 1 is 1.17 bits per heavy atom. The number of benzene rings is 2. The van der Waals surface area contributed by atoms with Crippen molar-refractivity contribution >= 4 is 33.5 Å². The normalized spacial score (nSPS) is 11.6. The molecular formula is C18H18BrNO4. The minimum Gasteiger partial charge on any atom is -0.449 e. The minimum atomic E-state index is -0.914. The van der Waals surface area contributed by atoms with Gasteiger partial charge in [0.1, 0.15) is 0 Å². The summed E-state index contributed by atoms with van der Waals surface area (Å²) in [5, 5.41) is 2.70. The standard InChI is InChI=1S/C18H18BrNO4/c1-12(17(21)20-16-8-4-7-15(19)10-16)24-18(22)14-6-3-5-13(9-14)11-23-2/h3-10,12H,11H2,1-2H3,(H,20,21)/t12-/m0/s1. The molecule has 0 fully saturated rings. The molecule has 5 nitrogen and oxygen atoms in total. The van der Waals surface area contributed by atoms with Crippen LogP contribution in [-0.4, -0.2) is 25.1 Å². The largest absolute Gasteiger partial charge is 0.449 e. The fourth-order valence-electron chi connectivity index (χ4n) is 2.05. The van der Waals surface area contributed by atoms with Crippen LogP contribution in [0.3, 0.4) is 0 Å². The number of nitrogens with one attached hydrogen (secondary N) is 1. The average molecular weight is 392 g/mol. The molecule has 2 aromatic carbocycles. The van der Waals surface area contributed by atoms with Crippen molar-refractivity contribution in [2.24, 2.45) is 0 Å². The number of amides is 1. The van der Waals surface area contributed by atoms with Crippen molar-refractivity contribution in [3.8, 4) is 0 Å². The summed E-state index contributed by atoms with van der Waals surface area (Å²) in [6.45, 7) is 1.93. The first-order valence-corrected chi connectivity index (χ1v) is 8.14. The molecule has 0 saturated heterocycles. The van der Waals surface area contributed by atoms with Gasteiger partial charge < -0.3 is 14.8 Å². The Hall–Kier alpha value is -2.18. The quantitative estimate of drug-likeness (QED) is 0.760. The molecule has 126 valence electrons.